The Hall–Kier alpha value is -1.40. The molecule has 5 nitrogen and oxygen atoms in total. The predicted molar refractivity (Wildman–Crippen MR) is 68.6 cm³/mol. The van der Waals surface area contributed by atoms with Crippen LogP contribution in [0.1, 0.15) is 23.4 Å². The molecule has 1 amide bonds. The third-order valence-electron chi connectivity index (χ3n) is 3.29. The molecule has 0 aromatic carbocycles. The second-order valence-electron chi connectivity index (χ2n) is 4.33. The fraction of sp³-hybridized carbons (Fsp3) is 0.500. The lowest BCUT2D eigenvalue weighted by Crippen LogP contribution is -2.49. The number of hydrogen-bond donors (Lipinski definition) is 2. The largest absolute Gasteiger partial charge is 0.479 e. The Bertz CT molecular complexity index is 472. The van der Waals surface area contributed by atoms with E-state index in [0.717, 1.165) is 16.9 Å². The van der Waals surface area contributed by atoms with Gasteiger partial charge in [0.1, 0.15) is 0 Å². The van der Waals surface area contributed by atoms with E-state index >= 15 is 0 Å². The van der Waals surface area contributed by atoms with Crippen LogP contribution in [0.25, 0.3) is 0 Å². The van der Waals surface area contributed by atoms with E-state index in [4.69, 9.17) is 0 Å². The van der Waals surface area contributed by atoms with Crippen molar-refractivity contribution in [2.75, 3.05) is 13.6 Å². The molecule has 2 heterocycles. The number of likely N-dealkylation sites (N-methyl/N-ethyl adjacent to an activating group) is 1. The van der Waals surface area contributed by atoms with Gasteiger partial charge in [0.15, 0.2) is 6.04 Å². The molecule has 1 aliphatic rings. The molecule has 6 heteroatoms. The average Bonchev–Trinajstić information content (AvgIpc) is 2.83. The van der Waals surface area contributed by atoms with E-state index in [1.54, 1.807) is 25.3 Å². The highest BCUT2D eigenvalue weighted by Gasteiger charge is 2.37. The number of rotatable bonds is 3. The lowest BCUT2D eigenvalue weighted by molar-refractivity contribution is -0.151. The van der Waals surface area contributed by atoms with Crippen LogP contribution in [0, 0.1) is 0 Å². The standard InChI is InChI=1S/C12H16N2O3S/c1-7(13-2)11(15)14-5-3-9-8(4-6-18-9)10(14)12(16)17/h4,6-7,10,13H,3,5H2,1-2H3,(H,16,17). The van der Waals surface area contributed by atoms with Gasteiger partial charge in [-0.2, -0.15) is 0 Å². The molecule has 2 unspecified atom stereocenters. The first-order chi connectivity index (χ1) is 8.56. The van der Waals surface area contributed by atoms with E-state index in [1.807, 2.05) is 11.4 Å². The highest BCUT2D eigenvalue weighted by Crippen LogP contribution is 2.33. The minimum absolute atomic E-state index is 0.165. The van der Waals surface area contributed by atoms with Gasteiger partial charge in [0, 0.05) is 11.4 Å². The fourth-order valence-electron chi connectivity index (χ4n) is 2.19. The highest BCUT2D eigenvalue weighted by atomic mass is 32.1. The van der Waals surface area contributed by atoms with Gasteiger partial charge in [-0.25, -0.2) is 4.79 Å². The molecular weight excluding hydrogens is 252 g/mol. The van der Waals surface area contributed by atoms with Crippen molar-refractivity contribution in [2.45, 2.75) is 25.4 Å². The molecule has 0 spiro atoms. The third kappa shape index (κ3) is 2.13. The number of nitrogens with zero attached hydrogens (tertiary/aromatic N) is 1. The lowest BCUT2D eigenvalue weighted by Gasteiger charge is -2.34. The van der Waals surface area contributed by atoms with E-state index in [-0.39, 0.29) is 11.9 Å². The van der Waals surface area contributed by atoms with E-state index in [2.05, 4.69) is 5.32 Å². The number of nitrogens with one attached hydrogen (secondary N) is 1. The molecule has 18 heavy (non-hydrogen) atoms. The molecule has 0 radical (unpaired) electrons. The van der Waals surface area contributed by atoms with Gasteiger partial charge in [0.2, 0.25) is 5.91 Å². The van der Waals surface area contributed by atoms with Crippen molar-refractivity contribution < 1.29 is 14.7 Å². The maximum absolute atomic E-state index is 12.2. The zero-order chi connectivity index (χ0) is 13.3. The molecule has 2 atom stereocenters. The molecule has 0 aliphatic carbocycles. The van der Waals surface area contributed by atoms with Crippen molar-refractivity contribution in [1.82, 2.24) is 10.2 Å². The minimum atomic E-state index is -0.967. The molecule has 0 bridgehead atoms. The monoisotopic (exact) mass is 268 g/mol. The number of carbonyl (C=O) groups is 2. The van der Waals surface area contributed by atoms with Crippen LogP contribution in [0.5, 0.6) is 0 Å². The quantitative estimate of drug-likeness (QED) is 0.853. The zero-order valence-corrected chi connectivity index (χ0v) is 11.2. The fourth-order valence-corrected chi connectivity index (χ4v) is 3.10. The van der Waals surface area contributed by atoms with Crippen LogP contribution in [-0.4, -0.2) is 41.5 Å². The Balaban J connectivity index is 2.33. The van der Waals surface area contributed by atoms with Gasteiger partial charge in [-0.15, -0.1) is 11.3 Å². The summed E-state index contributed by atoms with van der Waals surface area (Å²) in [4.78, 5) is 26.1. The number of carbonyl (C=O) groups excluding carboxylic acids is 1. The molecule has 0 fully saturated rings. The number of hydrogen-bond acceptors (Lipinski definition) is 4. The van der Waals surface area contributed by atoms with Crippen LogP contribution in [0.3, 0.4) is 0 Å². The van der Waals surface area contributed by atoms with Gasteiger partial charge < -0.3 is 15.3 Å². The summed E-state index contributed by atoms with van der Waals surface area (Å²) >= 11 is 1.56. The Morgan fingerprint density at radius 3 is 2.94 bits per heavy atom. The van der Waals surface area contributed by atoms with Crippen molar-refractivity contribution >= 4 is 23.2 Å². The number of amides is 1. The minimum Gasteiger partial charge on any atom is -0.479 e. The maximum atomic E-state index is 12.2. The van der Waals surface area contributed by atoms with Crippen LogP contribution in [0.2, 0.25) is 0 Å². The number of carboxylic acids is 1. The Labute approximate surface area is 109 Å². The van der Waals surface area contributed by atoms with Gasteiger partial charge in [0.25, 0.3) is 0 Å². The van der Waals surface area contributed by atoms with E-state index in [1.165, 1.54) is 4.90 Å². The third-order valence-corrected chi connectivity index (χ3v) is 4.28. The van der Waals surface area contributed by atoms with Crippen LogP contribution in [-0.2, 0) is 16.0 Å². The van der Waals surface area contributed by atoms with E-state index in [0.29, 0.717) is 6.54 Å². The van der Waals surface area contributed by atoms with E-state index < -0.39 is 12.0 Å². The first-order valence-corrected chi connectivity index (χ1v) is 6.71. The summed E-state index contributed by atoms with van der Waals surface area (Å²) in [5.74, 6) is -1.13. The van der Waals surface area contributed by atoms with Gasteiger partial charge in [-0.05, 0) is 37.4 Å². The van der Waals surface area contributed by atoms with Crippen molar-refractivity contribution in [3.63, 3.8) is 0 Å². The first-order valence-electron chi connectivity index (χ1n) is 5.83. The molecule has 2 N–H and O–H groups in total. The van der Waals surface area contributed by atoms with Gasteiger partial charge in [-0.1, -0.05) is 0 Å². The molecular formula is C12H16N2O3S. The number of thiophene rings is 1. The second-order valence-corrected chi connectivity index (χ2v) is 5.33. The molecule has 0 saturated carbocycles. The smallest absolute Gasteiger partial charge is 0.331 e. The molecule has 98 valence electrons. The lowest BCUT2D eigenvalue weighted by atomic mass is 9.99. The summed E-state index contributed by atoms with van der Waals surface area (Å²) in [7, 11) is 1.69. The second kappa shape index (κ2) is 5.07. The summed E-state index contributed by atoms with van der Waals surface area (Å²) in [5, 5.41) is 14.1. The summed E-state index contributed by atoms with van der Waals surface area (Å²) in [6.45, 7) is 2.21. The summed E-state index contributed by atoms with van der Waals surface area (Å²) < 4.78 is 0. The molecule has 0 saturated heterocycles. The topological polar surface area (TPSA) is 69.6 Å². The van der Waals surface area contributed by atoms with Gasteiger partial charge >= 0.3 is 5.97 Å². The van der Waals surface area contributed by atoms with Crippen LogP contribution >= 0.6 is 11.3 Å². The SMILES string of the molecule is CNC(C)C(=O)N1CCc2sccc2C1C(=O)O. The van der Waals surface area contributed by atoms with E-state index in [9.17, 15) is 14.7 Å². The number of carboxylic acid groups (broad SMARTS) is 1. The number of fused-ring (bicyclic) bond motifs is 1. The average molecular weight is 268 g/mol. The molecule has 1 aliphatic heterocycles. The maximum Gasteiger partial charge on any atom is 0.331 e. The highest BCUT2D eigenvalue weighted by molar-refractivity contribution is 7.10. The Morgan fingerprint density at radius 2 is 2.33 bits per heavy atom. The summed E-state index contributed by atoms with van der Waals surface area (Å²) in [6.07, 6.45) is 0.735. The van der Waals surface area contributed by atoms with Crippen LogP contribution < -0.4 is 5.32 Å². The van der Waals surface area contributed by atoms with Crippen LogP contribution in [0.4, 0.5) is 0 Å². The first kappa shape index (κ1) is 13.0. The predicted octanol–water partition coefficient (Wildman–Crippen LogP) is 0.866. The molecule has 1 aromatic rings. The van der Waals surface area contributed by atoms with Crippen molar-refractivity contribution in [3.05, 3.63) is 21.9 Å². The molecule has 1 aromatic heterocycles. The van der Waals surface area contributed by atoms with Crippen LogP contribution in [0.15, 0.2) is 11.4 Å². The number of aliphatic carboxylic acids is 1. The Kier molecular flexibility index (Phi) is 3.68. The van der Waals surface area contributed by atoms with Crippen molar-refractivity contribution in [1.29, 1.82) is 0 Å². The summed E-state index contributed by atoms with van der Waals surface area (Å²) in [5.41, 5.74) is 0.760. The zero-order valence-electron chi connectivity index (χ0n) is 10.3. The molecule has 2 rings (SSSR count). The van der Waals surface area contributed by atoms with Gasteiger partial charge in [0.05, 0.1) is 6.04 Å². The van der Waals surface area contributed by atoms with Crippen molar-refractivity contribution in [2.24, 2.45) is 0 Å². The normalized spacial score (nSPS) is 20.3. The van der Waals surface area contributed by atoms with Gasteiger partial charge in [-0.3, -0.25) is 4.79 Å². The summed E-state index contributed by atoms with van der Waals surface area (Å²) in [6, 6.07) is 0.595. The van der Waals surface area contributed by atoms with Crippen molar-refractivity contribution in [3.8, 4) is 0 Å². The Morgan fingerprint density at radius 1 is 1.61 bits per heavy atom.